The molecule has 0 saturated carbocycles. The summed E-state index contributed by atoms with van der Waals surface area (Å²) in [7, 11) is 3.13. The highest BCUT2D eigenvalue weighted by atomic mass is 16.6. The second kappa shape index (κ2) is 10.2. The normalized spacial score (nSPS) is 10.2. The van der Waals surface area contributed by atoms with Crippen LogP contribution >= 0.6 is 0 Å². The van der Waals surface area contributed by atoms with Crippen LogP contribution < -0.4 is 15.4 Å². The molecule has 0 unspecified atom stereocenters. The zero-order chi connectivity index (χ0) is 19.6. The molecule has 0 bridgehead atoms. The Labute approximate surface area is 158 Å². The zero-order valence-corrected chi connectivity index (χ0v) is 15.7. The molecule has 0 heterocycles. The van der Waals surface area contributed by atoms with Gasteiger partial charge in [0, 0.05) is 18.5 Å². The second-order valence-electron chi connectivity index (χ2n) is 5.86. The van der Waals surface area contributed by atoms with Crippen LogP contribution in [-0.4, -0.2) is 39.4 Å². The molecule has 2 amide bonds. The van der Waals surface area contributed by atoms with E-state index in [4.69, 9.17) is 14.2 Å². The maximum Gasteiger partial charge on any atom is 0.411 e. The van der Waals surface area contributed by atoms with Crippen molar-refractivity contribution in [2.24, 2.45) is 0 Å². The van der Waals surface area contributed by atoms with Gasteiger partial charge in [0.1, 0.15) is 12.4 Å². The Morgan fingerprint density at radius 1 is 0.963 bits per heavy atom. The highest BCUT2D eigenvalue weighted by Crippen LogP contribution is 2.20. The van der Waals surface area contributed by atoms with Crippen LogP contribution in [0.5, 0.6) is 5.75 Å². The molecule has 2 aromatic carbocycles. The molecule has 0 aliphatic heterocycles. The number of amides is 2. The van der Waals surface area contributed by atoms with E-state index in [1.807, 2.05) is 25.1 Å². The minimum absolute atomic E-state index is 0.165. The van der Waals surface area contributed by atoms with Crippen molar-refractivity contribution in [1.82, 2.24) is 0 Å². The molecule has 0 aliphatic rings. The van der Waals surface area contributed by atoms with Crippen LogP contribution in [0.2, 0.25) is 0 Å². The number of anilines is 2. The maximum absolute atomic E-state index is 12.3. The van der Waals surface area contributed by atoms with E-state index in [0.29, 0.717) is 18.0 Å². The fourth-order valence-electron chi connectivity index (χ4n) is 2.41. The molecule has 2 rings (SSSR count). The second-order valence-corrected chi connectivity index (χ2v) is 5.86. The number of carbonyl (C=O) groups is 2. The molecule has 0 atom stereocenters. The molecule has 0 spiro atoms. The third-order valence-electron chi connectivity index (χ3n) is 3.75. The maximum atomic E-state index is 12.3. The van der Waals surface area contributed by atoms with Gasteiger partial charge >= 0.3 is 6.09 Å². The van der Waals surface area contributed by atoms with Gasteiger partial charge in [-0.15, -0.1) is 0 Å². The first-order valence-corrected chi connectivity index (χ1v) is 8.48. The van der Waals surface area contributed by atoms with Crippen molar-refractivity contribution >= 4 is 23.4 Å². The number of nitrogens with one attached hydrogen (secondary N) is 2. The first-order valence-electron chi connectivity index (χ1n) is 8.48. The monoisotopic (exact) mass is 372 g/mol. The summed E-state index contributed by atoms with van der Waals surface area (Å²) < 4.78 is 15.0. The van der Waals surface area contributed by atoms with Gasteiger partial charge in [0.15, 0.2) is 0 Å². The quantitative estimate of drug-likeness (QED) is 0.694. The molecule has 7 nitrogen and oxygen atoms in total. The van der Waals surface area contributed by atoms with Crippen molar-refractivity contribution in [3.8, 4) is 5.75 Å². The van der Waals surface area contributed by atoms with Crippen LogP contribution in [0, 0.1) is 6.92 Å². The topological polar surface area (TPSA) is 85.9 Å². The molecular formula is C20H24N2O5. The summed E-state index contributed by atoms with van der Waals surface area (Å²) in [6, 6.07) is 12.5. The average molecular weight is 372 g/mol. The Hall–Kier alpha value is -3.06. The van der Waals surface area contributed by atoms with Crippen molar-refractivity contribution in [2.75, 3.05) is 38.1 Å². The van der Waals surface area contributed by atoms with Crippen LogP contribution in [0.3, 0.4) is 0 Å². The SMILES string of the molecule is COCCOC(=O)Nc1cccc(NC(=O)Cc2ccc(C)c(OC)c2)c1. The Bertz CT molecular complexity index is 792. The van der Waals surface area contributed by atoms with E-state index in [1.165, 1.54) is 7.11 Å². The van der Waals surface area contributed by atoms with Crippen LogP contribution in [-0.2, 0) is 20.7 Å². The lowest BCUT2D eigenvalue weighted by molar-refractivity contribution is -0.115. The minimum Gasteiger partial charge on any atom is -0.496 e. The fraction of sp³-hybridized carbons (Fsp3) is 0.300. The van der Waals surface area contributed by atoms with Gasteiger partial charge in [-0.3, -0.25) is 10.1 Å². The predicted octanol–water partition coefficient (Wildman–Crippen LogP) is 3.38. The van der Waals surface area contributed by atoms with Crippen molar-refractivity contribution in [3.63, 3.8) is 0 Å². The summed E-state index contributed by atoms with van der Waals surface area (Å²) in [5.41, 5.74) is 2.96. The number of carbonyl (C=O) groups excluding carboxylic acids is 2. The van der Waals surface area contributed by atoms with Gasteiger partial charge in [-0.25, -0.2) is 4.79 Å². The van der Waals surface area contributed by atoms with Crippen LogP contribution in [0.4, 0.5) is 16.2 Å². The molecule has 0 fully saturated rings. The lowest BCUT2D eigenvalue weighted by atomic mass is 10.1. The molecule has 0 saturated heterocycles. The lowest BCUT2D eigenvalue weighted by Crippen LogP contribution is -2.17. The molecule has 27 heavy (non-hydrogen) atoms. The van der Waals surface area contributed by atoms with E-state index in [0.717, 1.165) is 16.9 Å². The number of methoxy groups -OCH3 is 2. The molecular weight excluding hydrogens is 348 g/mol. The van der Waals surface area contributed by atoms with E-state index >= 15 is 0 Å². The summed E-state index contributed by atoms with van der Waals surface area (Å²) in [5.74, 6) is 0.583. The van der Waals surface area contributed by atoms with E-state index in [-0.39, 0.29) is 18.9 Å². The van der Waals surface area contributed by atoms with Crippen molar-refractivity contribution in [1.29, 1.82) is 0 Å². The molecule has 2 aromatic rings. The third-order valence-corrected chi connectivity index (χ3v) is 3.75. The smallest absolute Gasteiger partial charge is 0.411 e. The fourth-order valence-corrected chi connectivity index (χ4v) is 2.41. The number of hydrogen-bond donors (Lipinski definition) is 2. The highest BCUT2D eigenvalue weighted by molar-refractivity contribution is 5.93. The Morgan fingerprint density at radius 3 is 2.41 bits per heavy atom. The third kappa shape index (κ3) is 6.63. The number of aryl methyl sites for hydroxylation is 1. The summed E-state index contributed by atoms with van der Waals surface area (Å²) in [4.78, 5) is 24.0. The molecule has 0 aliphatic carbocycles. The first kappa shape index (κ1) is 20.3. The minimum atomic E-state index is -0.581. The van der Waals surface area contributed by atoms with Crippen LogP contribution in [0.1, 0.15) is 11.1 Å². The van der Waals surface area contributed by atoms with E-state index in [2.05, 4.69) is 10.6 Å². The number of rotatable bonds is 8. The van der Waals surface area contributed by atoms with Crippen LogP contribution in [0.15, 0.2) is 42.5 Å². The zero-order valence-electron chi connectivity index (χ0n) is 15.7. The van der Waals surface area contributed by atoms with Gasteiger partial charge in [0.25, 0.3) is 0 Å². The highest BCUT2D eigenvalue weighted by Gasteiger charge is 2.08. The molecule has 2 N–H and O–H groups in total. The largest absolute Gasteiger partial charge is 0.496 e. The van der Waals surface area contributed by atoms with Gasteiger partial charge in [-0.1, -0.05) is 18.2 Å². The predicted molar refractivity (Wildman–Crippen MR) is 103 cm³/mol. The molecule has 144 valence electrons. The molecule has 7 heteroatoms. The Morgan fingerprint density at radius 2 is 1.70 bits per heavy atom. The van der Waals surface area contributed by atoms with Gasteiger partial charge in [-0.05, 0) is 42.3 Å². The molecule has 0 radical (unpaired) electrons. The summed E-state index contributed by atoms with van der Waals surface area (Å²) in [6.07, 6.45) is -0.366. The van der Waals surface area contributed by atoms with Crippen molar-refractivity contribution < 1.29 is 23.8 Å². The summed E-state index contributed by atoms with van der Waals surface area (Å²) in [5, 5.41) is 5.42. The van der Waals surface area contributed by atoms with Gasteiger partial charge < -0.3 is 19.5 Å². The number of ether oxygens (including phenoxy) is 3. The first-order chi connectivity index (χ1) is 13.0. The summed E-state index contributed by atoms with van der Waals surface area (Å²) in [6.45, 7) is 2.44. The Balaban J connectivity index is 1.93. The number of hydrogen-bond acceptors (Lipinski definition) is 5. The summed E-state index contributed by atoms with van der Waals surface area (Å²) >= 11 is 0. The van der Waals surface area contributed by atoms with Gasteiger partial charge in [0.2, 0.25) is 5.91 Å². The van der Waals surface area contributed by atoms with Gasteiger partial charge in [0.05, 0.1) is 20.1 Å². The van der Waals surface area contributed by atoms with E-state index in [1.54, 1.807) is 31.4 Å². The van der Waals surface area contributed by atoms with Crippen LogP contribution in [0.25, 0.3) is 0 Å². The van der Waals surface area contributed by atoms with Crippen molar-refractivity contribution in [2.45, 2.75) is 13.3 Å². The van der Waals surface area contributed by atoms with Crippen molar-refractivity contribution in [3.05, 3.63) is 53.6 Å². The van der Waals surface area contributed by atoms with Gasteiger partial charge in [-0.2, -0.15) is 0 Å². The Kier molecular flexibility index (Phi) is 7.63. The lowest BCUT2D eigenvalue weighted by Gasteiger charge is -2.10. The van der Waals surface area contributed by atoms with E-state index in [9.17, 15) is 9.59 Å². The average Bonchev–Trinajstić information content (AvgIpc) is 2.63. The number of benzene rings is 2. The van der Waals surface area contributed by atoms with E-state index < -0.39 is 6.09 Å². The standard InChI is InChI=1S/C20H24N2O5/c1-14-7-8-15(11-18(14)26-3)12-19(23)21-16-5-4-6-17(13-16)22-20(24)27-10-9-25-2/h4-8,11,13H,9-10,12H2,1-3H3,(H,21,23)(H,22,24). The molecule has 0 aromatic heterocycles.